The van der Waals surface area contributed by atoms with Crippen LogP contribution in [0.2, 0.25) is 0 Å². The summed E-state index contributed by atoms with van der Waals surface area (Å²) >= 11 is 0. The molecule has 1 amide bonds. The Labute approximate surface area is 172 Å². The predicted octanol–water partition coefficient (Wildman–Crippen LogP) is 1.31. The van der Waals surface area contributed by atoms with Crippen molar-refractivity contribution in [1.29, 1.82) is 0 Å². The molecule has 0 unspecified atom stereocenters. The first-order chi connectivity index (χ1) is 12.3. The summed E-state index contributed by atoms with van der Waals surface area (Å²) in [5, 5.41) is 6.54. The summed E-state index contributed by atoms with van der Waals surface area (Å²) < 4.78 is 0. The highest BCUT2D eigenvalue weighted by Gasteiger charge is 2.22. The molecule has 1 saturated carbocycles. The first-order valence-electron chi connectivity index (χ1n) is 9.14. The second-order valence-electron chi connectivity index (χ2n) is 6.63. The summed E-state index contributed by atoms with van der Waals surface area (Å²) in [5.41, 5.74) is 0. The van der Waals surface area contributed by atoms with Crippen molar-refractivity contribution in [3.63, 3.8) is 0 Å². The normalized spacial score (nSPS) is 17.5. The third-order valence-electron chi connectivity index (χ3n) is 4.72. The lowest BCUT2D eigenvalue weighted by Gasteiger charge is -2.35. The molecular weight excluding hydrogens is 443 g/mol. The number of amides is 1. The van der Waals surface area contributed by atoms with Crippen molar-refractivity contribution < 1.29 is 4.79 Å². The Morgan fingerprint density at radius 2 is 2.00 bits per heavy atom. The van der Waals surface area contributed by atoms with Gasteiger partial charge in [-0.3, -0.25) is 9.79 Å². The van der Waals surface area contributed by atoms with Gasteiger partial charge in [0, 0.05) is 58.9 Å². The number of carbonyl (C=O) groups excluding carboxylic acids is 1. The molecule has 0 radical (unpaired) electrons. The first-order valence-corrected chi connectivity index (χ1v) is 9.14. The summed E-state index contributed by atoms with van der Waals surface area (Å²) in [4.78, 5) is 25.1. The molecule has 8 heteroatoms. The second-order valence-corrected chi connectivity index (χ2v) is 6.63. The molecule has 0 atom stereocenters. The van der Waals surface area contributed by atoms with Gasteiger partial charge in [0.05, 0.1) is 0 Å². The zero-order valence-electron chi connectivity index (χ0n) is 15.4. The van der Waals surface area contributed by atoms with Gasteiger partial charge in [0.25, 0.3) is 0 Å². The van der Waals surface area contributed by atoms with E-state index in [9.17, 15) is 4.79 Å². The van der Waals surface area contributed by atoms with Gasteiger partial charge in [0.2, 0.25) is 5.91 Å². The number of piperazine rings is 1. The van der Waals surface area contributed by atoms with Gasteiger partial charge in [-0.1, -0.05) is 6.07 Å². The Morgan fingerprint density at radius 3 is 2.62 bits per heavy atom. The van der Waals surface area contributed by atoms with Crippen LogP contribution in [0.1, 0.15) is 19.3 Å². The minimum absolute atomic E-state index is 0. The van der Waals surface area contributed by atoms with Crippen molar-refractivity contribution in [1.82, 2.24) is 20.5 Å². The zero-order valence-corrected chi connectivity index (χ0v) is 17.7. The average molecular weight is 472 g/mol. The Kier molecular flexibility index (Phi) is 8.40. The third kappa shape index (κ3) is 6.30. The summed E-state index contributed by atoms with van der Waals surface area (Å²) in [6.45, 7) is 4.77. The fourth-order valence-electron chi connectivity index (χ4n) is 2.96. The van der Waals surface area contributed by atoms with Gasteiger partial charge >= 0.3 is 0 Å². The van der Waals surface area contributed by atoms with Gasteiger partial charge in [-0.15, -0.1) is 24.0 Å². The number of rotatable bonds is 6. The molecule has 1 saturated heterocycles. The Hall–Kier alpha value is -1.58. The molecule has 2 fully saturated rings. The number of aliphatic imine (C=N–C) groups is 1. The topological polar surface area (TPSA) is 72.9 Å². The molecule has 1 aromatic heterocycles. The van der Waals surface area contributed by atoms with Crippen molar-refractivity contribution >= 4 is 41.7 Å². The molecule has 2 N–H and O–H groups in total. The smallest absolute Gasteiger partial charge is 0.224 e. The van der Waals surface area contributed by atoms with E-state index in [2.05, 4.69) is 25.5 Å². The lowest BCUT2D eigenvalue weighted by Crippen LogP contribution is -2.49. The summed E-state index contributed by atoms with van der Waals surface area (Å²) in [7, 11) is 1.76. The molecule has 2 aliphatic rings. The van der Waals surface area contributed by atoms with Gasteiger partial charge in [-0.05, 0) is 30.9 Å². The Morgan fingerprint density at radius 1 is 1.23 bits per heavy atom. The fourth-order valence-corrected chi connectivity index (χ4v) is 2.96. The highest BCUT2D eigenvalue weighted by molar-refractivity contribution is 14.0. The molecule has 0 spiro atoms. The Bertz CT molecular complexity index is 585. The molecule has 0 aromatic carbocycles. The van der Waals surface area contributed by atoms with Crippen LogP contribution in [-0.2, 0) is 4.79 Å². The van der Waals surface area contributed by atoms with Gasteiger partial charge in [-0.2, -0.15) is 0 Å². The van der Waals surface area contributed by atoms with Crippen molar-refractivity contribution in [2.75, 3.05) is 51.2 Å². The summed E-state index contributed by atoms with van der Waals surface area (Å²) in [6, 6.07) is 5.93. The van der Waals surface area contributed by atoms with Crippen molar-refractivity contribution in [3.8, 4) is 0 Å². The van der Waals surface area contributed by atoms with Crippen LogP contribution in [0.25, 0.3) is 0 Å². The number of guanidine groups is 1. The van der Waals surface area contributed by atoms with Crippen LogP contribution < -0.4 is 15.5 Å². The predicted molar refractivity (Wildman–Crippen MR) is 115 cm³/mol. The van der Waals surface area contributed by atoms with E-state index in [1.165, 1.54) is 12.8 Å². The number of aromatic nitrogens is 1. The van der Waals surface area contributed by atoms with E-state index >= 15 is 0 Å². The highest BCUT2D eigenvalue weighted by atomic mass is 127. The van der Waals surface area contributed by atoms with Gasteiger partial charge in [0.1, 0.15) is 5.82 Å². The number of pyridine rings is 1. The lowest BCUT2D eigenvalue weighted by molar-refractivity contribution is -0.131. The van der Waals surface area contributed by atoms with Crippen molar-refractivity contribution in [3.05, 3.63) is 24.4 Å². The van der Waals surface area contributed by atoms with E-state index in [0.717, 1.165) is 50.4 Å². The van der Waals surface area contributed by atoms with Crippen LogP contribution in [0.15, 0.2) is 29.4 Å². The summed E-state index contributed by atoms with van der Waals surface area (Å²) in [6.07, 6.45) is 4.93. The fraction of sp³-hybridized carbons (Fsp3) is 0.611. The summed E-state index contributed by atoms with van der Waals surface area (Å²) in [5.74, 6) is 2.78. The van der Waals surface area contributed by atoms with E-state index in [1.807, 2.05) is 29.3 Å². The maximum absolute atomic E-state index is 12.4. The van der Waals surface area contributed by atoms with Crippen molar-refractivity contribution in [2.45, 2.75) is 19.3 Å². The first kappa shape index (κ1) is 20.7. The van der Waals surface area contributed by atoms with E-state index in [-0.39, 0.29) is 29.9 Å². The lowest BCUT2D eigenvalue weighted by atomic mass is 10.2. The molecule has 1 aliphatic carbocycles. The van der Waals surface area contributed by atoms with Crippen LogP contribution >= 0.6 is 24.0 Å². The molecule has 0 bridgehead atoms. The number of hydrogen-bond donors (Lipinski definition) is 2. The van der Waals surface area contributed by atoms with E-state index in [4.69, 9.17) is 0 Å². The second kappa shape index (κ2) is 10.5. The standard InChI is InChI=1S/C18H28N6O.HI/c1-19-18(22-14-15-5-6-15)21-9-7-17(25)24-12-10-23(11-13-24)16-4-2-3-8-20-16;/h2-4,8,15H,5-7,9-14H2,1H3,(H2,19,21,22);1H. The third-order valence-corrected chi connectivity index (χ3v) is 4.72. The van der Waals surface area contributed by atoms with Crippen LogP contribution in [0.4, 0.5) is 5.82 Å². The largest absolute Gasteiger partial charge is 0.356 e. The molecule has 1 aliphatic heterocycles. The minimum Gasteiger partial charge on any atom is -0.356 e. The number of halogens is 1. The van der Waals surface area contributed by atoms with Crippen LogP contribution in [0, 0.1) is 5.92 Å². The van der Waals surface area contributed by atoms with E-state index in [0.29, 0.717) is 13.0 Å². The number of carbonyl (C=O) groups is 1. The molecule has 1 aromatic rings. The molecule has 144 valence electrons. The van der Waals surface area contributed by atoms with Gasteiger partial charge in [0.15, 0.2) is 5.96 Å². The average Bonchev–Trinajstić information content (AvgIpc) is 3.49. The maximum atomic E-state index is 12.4. The van der Waals surface area contributed by atoms with Crippen molar-refractivity contribution in [2.24, 2.45) is 10.9 Å². The van der Waals surface area contributed by atoms with Crippen LogP contribution in [0.3, 0.4) is 0 Å². The monoisotopic (exact) mass is 472 g/mol. The van der Waals surface area contributed by atoms with Crippen LogP contribution in [-0.4, -0.2) is 68.1 Å². The van der Waals surface area contributed by atoms with Gasteiger partial charge in [-0.25, -0.2) is 4.98 Å². The number of nitrogens with one attached hydrogen (secondary N) is 2. The molecular formula is C18H29IN6O. The molecule has 3 rings (SSSR count). The number of hydrogen-bond acceptors (Lipinski definition) is 4. The quantitative estimate of drug-likeness (QED) is 0.371. The van der Waals surface area contributed by atoms with E-state index in [1.54, 1.807) is 7.05 Å². The minimum atomic E-state index is 0. The molecule has 7 nitrogen and oxygen atoms in total. The van der Waals surface area contributed by atoms with Crippen LogP contribution in [0.5, 0.6) is 0 Å². The number of anilines is 1. The highest BCUT2D eigenvalue weighted by Crippen LogP contribution is 2.27. The molecule has 2 heterocycles. The molecule has 26 heavy (non-hydrogen) atoms. The van der Waals surface area contributed by atoms with E-state index < -0.39 is 0 Å². The zero-order chi connectivity index (χ0) is 17.5. The Balaban J connectivity index is 0.00000243. The SMILES string of the molecule is CN=C(NCCC(=O)N1CCN(c2ccccn2)CC1)NCC1CC1.I. The van der Waals surface area contributed by atoms with Gasteiger partial charge < -0.3 is 20.4 Å². The maximum Gasteiger partial charge on any atom is 0.224 e. The number of nitrogens with zero attached hydrogens (tertiary/aromatic N) is 4.